The van der Waals surface area contributed by atoms with Gasteiger partial charge in [-0.15, -0.1) is 0 Å². The molecule has 0 aromatic carbocycles. The zero-order valence-electron chi connectivity index (χ0n) is 7.36. The fraction of sp³-hybridized carbons (Fsp3) is 1.00. The number of hydrazine groups is 1. The molecular weight excluding hydrogens is 126 g/mol. The zero-order chi connectivity index (χ0) is 8.20. The molecule has 0 aliphatic heterocycles. The zero-order valence-corrected chi connectivity index (χ0v) is 7.36. The van der Waals surface area contributed by atoms with Crippen LogP contribution < -0.4 is 16.6 Å². The molecule has 0 saturated heterocycles. The summed E-state index contributed by atoms with van der Waals surface area (Å²) in [6.07, 6.45) is 0.192. The van der Waals surface area contributed by atoms with Crippen LogP contribution in [0.4, 0.5) is 0 Å². The second-order valence-electron chi connectivity index (χ2n) is 3.52. The van der Waals surface area contributed by atoms with Gasteiger partial charge in [0, 0.05) is 0 Å². The molecule has 4 N–H and O–H groups in total. The average Bonchev–Trinajstić information content (AvgIpc) is 1.80. The standard InChI is InChI=1S/C7H19N3/c1-5-9-6(10-8)7(2,3)4/h6,9-10H,5,8H2,1-4H3. The van der Waals surface area contributed by atoms with E-state index in [9.17, 15) is 0 Å². The van der Waals surface area contributed by atoms with Crippen LogP contribution in [0.5, 0.6) is 0 Å². The molecule has 0 heterocycles. The van der Waals surface area contributed by atoms with E-state index in [2.05, 4.69) is 38.4 Å². The lowest BCUT2D eigenvalue weighted by Crippen LogP contribution is -2.53. The highest BCUT2D eigenvalue weighted by molar-refractivity contribution is 4.75. The van der Waals surface area contributed by atoms with Crippen LogP contribution in [-0.4, -0.2) is 12.7 Å². The fourth-order valence-electron chi connectivity index (χ4n) is 0.819. The van der Waals surface area contributed by atoms with Gasteiger partial charge in [-0.2, -0.15) is 0 Å². The van der Waals surface area contributed by atoms with E-state index in [4.69, 9.17) is 5.84 Å². The topological polar surface area (TPSA) is 50.1 Å². The van der Waals surface area contributed by atoms with E-state index < -0.39 is 0 Å². The van der Waals surface area contributed by atoms with Gasteiger partial charge in [-0.3, -0.25) is 5.84 Å². The third-order valence-electron chi connectivity index (χ3n) is 1.44. The molecule has 0 rings (SSSR count). The SMILES string of the molecule is CCNC(NN)C(C)(C)C. The molecule has 0 aliphatic carbocycles. The van der Waals surface area contributed by atoms with Gasteiger partial charge in [0.2, 0.25) is 0 Å². The van der Waals surface area contributed by atoms with E-state index in [0.29, 0.717) is 0 Å². The summed E-state index contributed by atoms with van der Waals surface area (Å²) in [4.78, 5) is 0. The van der Waals surface area contributed by atoms with E-state index in [1.54, 1.807) is 0 Å². The Morgan fingerprint density at radius 2 is 1.90 bits per heavy atom. The maximum absolute atomic E-state index is 5.33. The van der Waals surface area contributed by atoms with Gasteiger partial charge in [0.15, 0.2) is 0 Å². The Balaban J connectivity index is 3.81. The highest BCUT2D eigenvalue weighted by Crippen LogP contribution is 2.15. The molecule has 3 heteroatoms. The monoisotopic (exact) mass is 145 g/mol. The Morgan fingerprint density at radius 1 is 1.40 bits per heavy atom. The van der Waals surface area contributed by atoms with Crippen LogP contribution in [-0.2, 0) is 0 Å². The summed E-state index contributed by atoms with van der Waals surface area (Å²) < 4.78 is 0. The highest BCUT2D eigenvalue weighted by Gasteiger charge is 2.21. The van der Waals surface area contributed by atoms with Crippen molar-refractivity contribution in [3.05, 3.63) is 0 Å². The number of hydrogen-bond donors (Lipinski definition) is 3. The molecule has 0 fully saturated rings. The van der Waals surface area contributed by atoms with Crippen molar-refractivity contribution in [2.75, 3.05) is 6.54 Å². The van der Waals surface area contributed by atoms with Gasteiger partial charge < -0.3 is 5.32 Å². The van der Waals surface area contributed by atoms with Gasteiger partial charge in [-0.05, 0) is 12.0 Å². The predicted octanol–water partition coefficient (Wildman–Crippen LogP) is 0.431. The average molecular weight is 145 g/mol. The lowest BCUT2D eigenvalue weighted by atomic mass is 9.93. The molecule has 1 atom stereocenters. The molecule has 0 aromatic rings. The van der Waals surface area contributed by atoms with E-state index in [0.717, 1.165) is 6.54 Å². The molecule has 0 spiro atoms. The van der Waals surface area contributed by atoms with Crippen LogP contribution in [0.2, 0.25) is 0 Å². The third-order valence-corrected chi connectivity index (χ3v) is 1.44. The minimum atomic E-state index is 0.171. The largest absolute Gasteiger partial charge is 0.301 e. The fourth-order valence-corrected chi connectivity index (χ4v) is 0.819. The van der Waals surface area contributed by atoms with Gasteiger partial charge in [0.05, 0.1) is 6.17 Å². The quantitative estimate of drug-likeness (QED) is 0.307. The van der Waals surface area contributed by atoms with Gasteiger partial charge in [0.25, 0.3) is 0 Å². The van der Waals surface area contributed by atoms with Crippen molar-refractivity contribution in [3.8, 4) is 0 Å². The minimum Gasteiger partial charge on any atom is -0.301 e. The first kappa shape index (κ1) is 9.88. The van der Waals surface area contributed by atoms with Crippen molar-refractivity contribution in [2.24, 2.45) is 11.3 Å². The molecule has 62 valence electrons. The minimum absolute atomic E-state index is 0.171. The van der Waals surface area contributed by atoms with Crippen LogP contribution in [0.1, 0.15) is 27.7 Å². The van der Waals surface area contributed by atoms with Crippen LogP contribution in [0.3, 0.4) is 0 Å². The Kier molecular flexibility index (Phi) is 3.86. The van der Waals surface area contributed by atoms with E-state index >= 15 is 0 Å². The second-order valence-corrected chi connectivity index (χ2v) is 3.52. The summed E-state index contributed by atoms with van der Waals surface area (Å²) in [6, 6.07) is 0. The Bertz CT molecular complexity index is 85.3. The van der Waals surface area contributed by atoms with E-state index in [-0.39, 0.29) is 11.6 Å². The number of rotatable bonds is 3. The van der Waals surface area contributed by atoms with Crippen molar-refractivity contribution in [1.29, 1.82) is 0 Å². The third kappa shape index (κ3) is 3.15. The van der Waals surface area contributed by atoms with Crippen LogP contribution in [0.25, 0.3) is 0 Å². The smallest absolute Gasteiger partial charge is 0.0750 e. The Hall–Kier alpha value is -0.120. The molecule has 0 saturated carbocycles. The first-order valence-electron chi connectivity index (χ1n) is 3.72. The summed E-state index contributed by atoms with van der Waals surface area (Å²) in [5.74, 6) is 5.33. The summed E-state index contributed by atoms with van der Waals surface area (Å²) in [7, 11) is 0. The Labute approximate surface area is 63.3 Å². The maximum Gasteiger partial charge on any atom is 0.0750 e. The number of nitrogens with one attached hydrogen (secondary N) is 2. The number of nitrogens with two attached hydrogens (primary N) is 1. The summed E-state index contributed by atoms with van der Waals surface area (Å²) in [5, 5.41) is 3.24. The normalized spacial score (nSPS) is 15.3. The van der Waals surface area contributed by atoms with Crippen molar-refractivity contribution < 1.29 is 0 Å². The van der Waals surface area contributed by atoms with E-state index in [1.807, 2.05) is 0 Å². The molecular formula is C7H19N3. The van der Waals surface area contributed by atoms with Gasteiger partial charge in [-0.1, -0.05) is 27.7 Å². The van der Waals surface area contributed by atoms with E-state index in [1.165, 1.54) is 0 Å². The highest BCUT2D eigenvalue weighted by atomic mass is 15.3. The van der Waals surface area contributed by atoms with Crippen LogP contribution in [0, 0.1) is 5.41 Å². The first-order valence-corrected chi connectivity index (χ1v) is 3.72. The summed E-state index contributed by atoms with van der Waals surface area (Å²) in [5.41, 5.74) is 2.90. The first-order chi connectivity index (χ1) is 4.52. The molecule has 0 radical (unpaired) electrons. The van der Waals surface area contributed by atoms with Gasteiger partial charge in [0.1, 0.15) is 0 Å². The predicted molar refractivity (Wildman–Crippen MR) is 44.2 cm³/mol. The van der Waals surface area contributed by atoms with Crippen LogP contribution >= 0.6 is 0 Å². The Morgan fingerprint density at radius 3 is 2.00 bits per heavy atom. The van der Waals surface area contributed by atoms with Crippen molar-refractivity contribution in [3.63, 3.8) is 0 Å². The molecule has 0 aromatic heterocycles. The molecule has 3 nitrogen and oxygen atoms in total. The van der Waals surface area contributed by atoms with Crippen LogP contribution in [0.15, 0.2) is 0 Å². The molecule has 1 unspecified atom stereocenters. The molecule has 0 amide bonds. The maximum atomic E-state index is 5.33. The molecule has 10 heavy (non-hydrogen) atoms. The van der Waals surface area contributed by atoms with Gasteiger partial charge >= 0.3 is 0 Å². The van der Waals surface area contributed by atoms with Crippen molar-refractivity contribution in [1.82, 2.24) is 10.7 Å². The summed E-state index contributed by atoms with van der Waals surface area (Å²) in [6.45, 7) is 9.42. The van der Waals surface area contributed by atoms with Crippen molar-refractivity contribution in [2.45, 2.75) is 33.9 Å². The van der Waals surface area contributed by atoms with Gasteiger partial charge in [-0.25, -0.2) is 5.43 Å². The lowest BCUT2D eigenvalue weighted by molar-refractivity contribution is 0.230. The molecule has 0 aliphatic rings. The summed E-state index contributed by atoms with van der Waals surface area (Å²) >= 11 is 0. The molecule has 0 bridgehead atoms. The van der Waals surface area contributed by atoms with Crippen molar-refractivity contribution >= 4 is 0 Å². The lowest BCUT2D eigenvalue weighted by Gasteiger charge is -2.30. The second kappa shape index (κ2) is 3.91. The number of hydrogen-bond acceptors (Lipinski definition) is 3.